The van der Waals surface area contributed by atoms with E-state index in [9.17, 15) is 3.89 Å². The maximum atomic E-state index is 13.4. The molecule has 0 aliphatic rings. The summed E-state index contributed by atoms with van der Waals surface area (Å²) in [4.78, 5) is 12.6. The van der Waals surface area contributed by atoms with Crippen molar-refractivity contribution < 1.29 is 3.89 Å². The van der Waals surface area contributed by atoms with Crippen molar-refractivity contribution in [1.29, 1.82) is 0 Å². The highest BCUT2D eigenvalue weighted by Crippen LogP contribution is 2.32. The molecule has 0 saturated carbocycles. The van der Waals surface area contributed by atoms with E-state index in [1.54, 1.807) is 10.6 Å². The van der Waals surface area contributed by atoms with Crippen LogP contribution in [-0.2, 0) is 6.54 Å². The van der Waals surface area contributed by atoms with Crippen LogP contribution < -0.4 is 5.32 Å². The second kappa shape index (κ2) is 7.62. The summed E-state index contributed by atoms with van der Waals surface area (Å²) in [5, 5.41) is 8.27. The Morgan fingerprint density at radius 3 is 2.87 bits per heavy atom. The van der Waals surface area contributed by atoms with Crippen molar-refractivity contribution in [2.45, 2.75) is 18.4 Å². The lowest BCUT2D eigenvalue weighted by Crippen LogP contribution is -2.07. The van der Waals surface area contributed by atoms with Crippen LogP contribution >= 0.6 is 23.7 Å². The van der Waals surface area contributed by atoms with Crippen molar-refractivity contribution in [2.24, 2.45) is 0 Å². The van der Waals surface area contributed by atoms with Gasteiger partial charge in [-0.2, -0.15) is 13.5 Å². The molecule has 6 nitrogen and oxygen atoms in total. The summed E-state index contributed by atoms with van der Waals surface area (Å²) in [6, 6.07) is 15.4. The number of hydrogen-bond acceptors (Lipinski definition) is 5. The molecule has 0 bridgehead atoms. The van der Waals surface area contributed by atoms with E-state index in [0.29, 0.717) is 33.6 Å². The summed E-state index contributed by atoms with van der Waals surface area (Å²) in [6.45, 7) is 2.48. The highest BCUT2D eigenvalue weighted by Gasteiger charge is 2.15. The SMILES string of the molecule is Cc1nc2ccc(CNc3cc(-c4ccccc4Cl)nc4c(SF)cnn34)cc2[nH]1. The first-order chi connectivity index (χ1) is 14.6. The fourth-order valence-corrected chi connectivity index (χ4v) is 3.94. The van der Waals surface area contributed by atoms with Crippen molar-refractivity contribution in [3.8, 4) is 11.3 Å². The lowest BCUT2D eigenvalue weighted by Gasteiger charge is -2.12. The number of aromatic nitrogens is 5. The third kappa shape index (κ3) is 3.38. The Morgan fingerprint density at radius 1 is 1.17 bits per heavy atom. The van der Waals surface area contributed by atoms with Crippen LogP contribution in [0.3, 0.4) is 0 Å². The molecular formula is C21H16ClFN6S. The molecule has 0 fully saturated rings. The maximum Gasteiger partial charge on any atom is 0.174 e. The fourth-order valence-electron chi connectivity index (χ4n) is 3.42. The van der Waals surface area contributed by atoms with Gasteiger partial charge >= 0.3 is 0 Å². The number of aryl methyl sites for hydroxylation is 1. The van der Waals surface area contributed by atoms with Gasteiger partial charge in [0.05, 0.1) is 35.1 Å². The molecule has 30 heavy (non-hydrogen) atoms. The minimum absolute atomic E-state index is 0.122. The quantitative estimate of drug-likeness (QED) is 0.361. The van der Waals surface area contributed by atoms with E-state index in [1.165, 1.54) is 6.20 Å². The van der Waals surface area contributed by atoms with Crippen LogP contribution in [0.5, 0.6) is 0 Å². The van der Waals surface area contributed by atoms with Crippen LogP contribution in [0.25, 0.3) is 27.9 Å². The molecule has 3 aromatic heterocycles. The summed E-state index contributed by atoms with van der Waals surface area (Å²) >= 11 is 6.49. The van der Waals surface area contributed by atoms with Gasteiger partial charge in [0.2, 0.25) is 0 Å². The summed E-state index contributed by atoms with van der Waals surface area (Å²) in [5.74, 6) is 1.57. The topological polar surface area (TPSA) is 70.9 Å². The Kier molecular flexibility index (Phi) is 4.80. The van der Waals surface area contributed by atoms with E-state index < -0.39 is 0 Å². The van der Waals surface area contributed by atoms with Gasteiger partial charge in [-0.3, -0.25) is 0 Å². The summed E-state index contributed by atoms with van der Waals surface area (Å²) in [6.07, 6.45) is 1.47. The Morgan fingerprint density at radius 2 is 2.03 bits per heavy atom. The Labute approximate surface area is 180 Å². The average molecular weight is 439 g/mol. The number of rotatable bonds is 5. The van der Waals surface area contributed by atoms with Gasteiger partial charge in [0, 0.05) is 23.2 Å². The highest BCUT2D eigenvalue weighted by atomic mass is 35.5. The summed E-state index contributed by atoms with van der Waals surface area (Å²) < 4.78 is 15.0. The normalized spacial score (nSPS) is 11.4. The molecule has 0 aliphatic heterocycles. The fraction of sp³-hybridized carbons (Fsp3) is 0.0952. The largest absolute Gasteiger partial charge is 0.366 e. The van der Waals surface area contributed by atoms with Gasteiger partial charge in [-0.1, -0.05) is 35.9 Å². The molecule has 2 aromatic carbocycles. The van der Waals surface area contributed by atoms with Crippen LogP contribution in [0.1, 0.15) is 11.4 Å². The van der Waals surface area contributed by atoms with Crippen LogP contribution in [0.15, 0.2) is 59.6 Å². The van der Waals surface area contributed by atoms with Gasteiger partial charge in [0.1, 0.15) is 16.5 Å². The van der Waals surface area contributed by atoms with Crippen molar-refractivity contribution >= 4 is 46.2 Å². The van der Waals surface area contributed by atoms with E-state index in [0.717, 1.165) is 28.0 Å². The van der Waals surface area contributed by atoms with Gasteiger partial charge in [-0.15, -0.1) is 0 Å². The molecule has 2 N–H and O–H groups in total. The number of aromatic amines is 1. The third-order valence-corrected chi connectivity index (χ3v) is 5.59. The lowest BCUT2D eigenvalue weighted by molar-refractivity contribution is 0.926. The third-order valence-electron chi connectivity index (χ3n) is 4.81. The average Bonchev–Trinajstić information content (AvgIpc) is 3.33. The molecule has 5 aromatic rings. The molecular weight excluding hydrogens is 423 g/mol. The minimum atomic E-state index is 0.122. The van der Waals surface area contributed by atoms with Gasteiger partial charge < -0.3 is 10.3 Å². The predicted octanol–water partition coefficient (Wildman–Crippen LogP) is 5.82. The molecule has 0 aliphatic carbocycles. The Bertz CT molecular complexity index is 1380. The number of hydrogen-bond donors (Lipinski definition) is 2. The van der Waals surface area contributed by atoms with Crippen LogP contribution in [0, 0.1) is 6.92 Å². The zero-order chi connectivity index (χ0) is 20.7. The molecule has 0 atom stereocenters. The van der Waals surface area contributed by atoms with E-state index >= 15 is 0 Å². The Balaban J connectivity index is 1.55. The number of benzene rings is 2. The maximum absolute atomic E-state index is 13.4. The molecule has 0 spiro atoms. The summed E-state index contributed by atoms with van der Waals surface area (Å²) in [7, 11) is 0. The number of fused-ring (bicyclic) bond motifs is 2. The van der Waals surface area contributed by atoms with Gasteiger partial charge in [0.15, 0.2) is 5.65 Å². The number of imidazole rings is 1. The molecule has 0 radical (unpaired) electrons. The molecule has 0 unspecified atom stereocenters. The van der Waals surface area contributed by atoms with Gasteiger partial charge in [0.25, 0.3) is 0 Å². The second-order valence-corrected chi connectivity index (χ2v) is 7.86. The van der Waals surface area contributed by atoms with Gasteiger partial charge in [-0.05, 0) is 30.7 Å². The predicted molar refractivity (Wildman–Crippen MR) is 119 cm³/mol. The number of H-pyrrole nitrogens is 1. The van der Waals surface area contributed by atoms with E-state index in [4.69, 9.17) is 11.6 Å². The number of nitrogens with one attached hydrogen (secondary N) is 2. The molecule has 0 amide bonds. The molecule has 3 heterocycles. The molecule has 0 saturated heterocycles. The standard InChI is InChI=1S/C21H16ClFN6S/c1-12-26-16-7-6-13(8-18(16)27-12)10-24-20-9-17(14-4-2-3-5-15(14)22)28-21-19(30-23)11-25-29(20)21/h2-9,11,24H,10H2,1H3,(H,26,27). The minimum Gasteiger partial charge on any atom is -0.366 e. The lowest BCUT2D eigenvalue weighted by atomic mass is 10.1. The summed E-state index contributed by atoms with van der Waals surface area (Å²) in [5.41, 5.74) is 4.84. The monoisotopic (exact) mass is 438 g/mol. The second-order valence-electron chi connectivity index (χ2n) is 6.86. The van der Waals surface area contributed by atoms with Crippen LogP contribution in [0.2, 0.25) is 5.02 Å². The zero-order valence-electron chi connectivity index (χ0n) is 15.9. The van der Waals surface area contributed by atoms with Crippen molar-refractivity contribution in [3.05, 3.63) is 71.1 Å². The van der Waals surface area contributed by atoms with E-state index in [1.807, 2.05) is 43.3 Å². The molecule has 5 rings (SSSR count). The highest BCUT2D eigenvalue weighted by molar-refractivity contribution is 7.94. The first-order valence-electron chi connectivity index (χ1n) is 9.24. The van der Waals surface area contributed by atoms with Crippen molar-refractivity contribution in [3.63, 3.8) is 0 Å². The first-order valence-corrected chi connectivity index (χ1v) is 10.3. The molecule has 150 valence electrons. The number of anilines is 1. The number of halogens is 2. The number of nitrogens with zero attached hydrogens (tertiary/aromatic N) is 4. The zero-order valence-corrected chi connectivity index (χ0v) is 17.4. The van der Waals surface area contributed by atoms with Crippen LogP contribution in [0.4, 0.5) is 9.70 Å². The Hall–Kier alpha value is -3.10. The van der Waals surface area contributed by atoms with Crippen molar-refractivity contribution in [1.82, 2.24) is 24.6 Å². The van der Waals surface area contributed by atoms with Crippen LogP contribution in [-0.4, -0.2) is 24.6 Å². The van der Waals surface area contributed by atoms with E-state index in [2.05, 4.69) is 31.4 Å². The smallest absolute Gasteiger partial charge is 0.174 e. The van der Waals surface area contributed by atoms with Gasteiger partial charge in [-0.25, -0.2) is 9.97 Å². The molecule has 9 heteroatoms. The van der Waals surface area contributed by atoms with Crippen molar-refractivity contribution in [2.75, 3.05) is 5.32 Å². The first kappa shape index (κ1) is 18.9. The van der Waals surface area contributed by atoms with E-state index in [-0.39, 0.29) is 12.1 Å².